The molecule has 1 atom stereocenters. The summed E-state index contributed by atoms with van der Waals surface area (Å²) in [6.45, 7) is 5.42. The Kier molecular flexibility index (Phi) is 6.68. The molecule has 0 saturated carbocycles. The summed E-state index contributed by atoms with van der Waals surface area (Å²) >= 11 is 6.11. The van der Waals surface area contributed by atoms with Crippen molar-refractivity contribution in [3.05, 3.63) is 29.8 Å². The summed E-state index contributed by atoms with van der Waals surface area (Å²) in [6.07, 6.45) is 0.986. The molecule has 0 unspecified atom stereocenters. The minimum Gasteiger partial charge on any atom is -0.444 e. The van der Waals surface area contributed by atoms with E-state index >= 15 is 0 Å². The maximum absolute atomic E-state index is 12.7. The van der Waals surface area contributed by atoms with Crippen molar-refractivity contribution in [2.24, 2.45) is 0 Å². The van der Waals surface area contributed by atoms with Gasteiger partial charge in [-0.3, -0.25) is 4.68 Å². The van der Waals surface area contributed by atoms with Gasteiger partial charge in [0.15, 0.2) is 0 Å². The zero-order valence-corrected chi connectivity index (χ0v) is 18.3. The summed E-state index contributed by atoms with van der Waals surface area (Å²) in [4.78, 5) is 18.3. The molecule has 2 aromatic rings. The molecule has 3 heterocycles. The minimum atomic E-state index is -4.36. The zero-order chi connectivity index (χ0) is 22.8. The van der Waals surface area contributed by atoms with Crippen molar-refractivity contribution in [3.63, 3.8) is 0 Å². The standard InChI is InChI=1S/C20H25ClF3N5O2/c1-19(2,3)31-18(30)27-14-5-4-6-28(11-14)16-7-17(21)25-9-15(16)13-8-26-29(10-13)12-20(22,23)24/h7-10,14H,4-6,11-12H2,1-3H3,(H,27,30)/t14-/m0/s1. The lowest BCUT2D eigenvalue weighted by atomic mass is 10.0. The van der Waals surface area contributed by atoms with Crippen molar-refractivity contribution in [3.8, 4) is 11.1 Å². The van der Waals surface area contributed by atoms with Crippen molar-refractivity contribution in [2.45, 2.75) is 58.0 Å². The third-order valence-corrected chi connectivity index (χ3v) is 4.82. The number of carbonyl (C=O) groups excluding carboxylic acids is 1. The van der Waals surface area contributed by atoms with Gasteiger partial charge in [0.2, 0.25) is 0 Å². The topological polar surface area (TPSA) is 72.3 Å². The predicted octanol–water partition coefficient (Wildman–Crippen LogP) is 4.65. The number of hydrogen-bond acceptors (Lipinski definition) is 5. The van der Waals surface area contributed by atoms with E-state index < -0.39 is 24.4 Å². The lowest BCUT2D eigenvalue weighted by Gasteiger charge is -2.36. The van der Waals surface area contributed by atoms with E-state index in [0.29, 0.717) is 24.2 Å². The van der Waals surface area contributed by atoms with E-state index in [0.717, 1.165) is 23.2 Å². The normalized spacial score (nSPS) is 17.5. The minimum absolute atomic E-state index is 0.142. The third-order valence-electron chi connectivity index (χ3n) is 4.62. The number of alkyl carbamates (subject to hydrolysis) is 1. The molecule has 1 amide bonds. The van der Waals surface area contributed by atoms with Gasteiger partial charge in [-0.2, -0.15) is 18.3 Å². The zero-order valence-electron chi connectivity index (χ0n) is 17.5. The maximum Gasteiger partial charge on any atom is 0.408 e. The molecule has 1 N–H and O–H groups in total. The van der Waals surface area contributed by atoms with Crippen molar-refractivity contribution in [1.82, 2.24) is 20.1 Å². The highest BCUT2D eigenvalue weighted by atomic mass is 35.5. The van der Waals surface area contributed by atoms with Crippen LogP contribution in [0.25, 0.3) is 11.1 Å². The Morgan fingerprint density at radius 1 is 1.32 bits per heavy atom. The van der Waals surface area contributed by atoms with Crippen LogP contribution in [0.2, 0.25) is 5.15 Å². The lowest BCUT2D eigenvalue weighted by molar-refractivity contribution is -0.142. The smallest absolute Gasteiger partial charge is 0.408 e. The van der Waals surface area contributed by atoms with Gasteiger partial charge in [-0.15, -0.1) is 0 Å². The first-order chi connectivity index (χ1) is 14.4. The number of ether oxygens (including phenoxy) is 1. The average molecular weight is 460 g/mol. The maximum atomic E-state index is 12.7. The highest BCUT2D eigenvalue weighted by Crippen LogP contribution is 2.34. The largest absolute Gasteiger partial charge is 0.444 e. The molecule has 1 fully saturated rings. The van der Waals surface area contributed by atoms with Gasteiger partial charge in [-0.25, -0.2) is 9.78 Å². The first-order valence-electron chi connectivity index (χ1n) is 9.89. The van der Waals surface area contributed by atoms with E-state index in [-0.39, 0.29) is 11.2 Å². The number of hydrogen-bond donors (Lipinski definition) is 1. The van der Waals surface area contributed by atoms with Crippen LogP contribution in [0.1, 0.15) is 33.6 Å². The van der Waals surface area contributed by atoms with E-state index in [4.69, 9.17) is 16.3 Å². The third kappa shape index (κ3) is 6.75. The van der Waals surface area contributed by atoms with Crippen molar-refractivity contribution < 1.29 is 22.7 Å². The number of alkyl halides is 3. The van der Waals surface area contributed by atoms with Gasteiger partial charge in [-0.05, 0) is 39.7 Å². The van der Waals surface area contributed by atoms with Gasteiger partial charge in [0.1, 0.15) is 17.3 Å². The van der Waals surface area contributed by atoms with Crippen LogP contribution in [0.4, 0.5) is 23.7 Å². The monoisotopic (exact) mass is 459 g/mol. The molecule has 31 heavy (non-hydrogen) atoms. The molecule has 3 rings (SSSR count). The van der Waals surface area contributed by atoms with Gasteiger partial charge < -0.3 is 15.0 Å². The molecule has 0 aromatic carbocycles. The molecule has 0 radical (unpaired) electrons. The first kappa shape index (κ1) is 23.2. The summed E-state index contributed by atoms with van der Waals surface area (Å²) in [5, 5.41) is 6.97. The van der Waals surface area contributed by atoms with E-state index in [9.17, 15) is 18.0 Å². The molecule has 0 bridgehead atoms. The van der Waals surface area contributed by atoms with Crippen molar-refractivity contribution in [2.75, 3.05) is 18.0 Å². The van der Waals surface area contributed by atoms with Crippen LogP contribution in [0, 0.1) is 0 Å². The Bertz CT molecular complexity index is 926. The number of carbonyl (C=O) groups is 1. The van der Waals surface area contributed by atoms with Crippen molar-refractivity contribution >= 4 is 23.4 Å². The number of halogens is 4. The van der Waals surface area contributed by atoms with Gasteiger partial charge in [0.25, 0.3) is 0 Å². The number of pyridine rings is 1. The van der Waals surface area contributed by atoms with Crippen LogP contribution in [-0.4, -0.2) is 51.8 Å². The van der Waals surface area contributed by atoms with Crippen LogP contribution in [0.3, 0.4) is 0 Å². The fraction of sp³-hybridized carbons (Fsp3) is 0.550. The number of rotatable bonds is 4. The fourth-order valence-corrected chi connectivity index (χ4v) is 3.62. The van der Waals surface area contributed by atoms with Gasteiger partial charge in [0.05, 0.1) is 6.20 Å². The second-order valence-corrected chi connectivity index (χ2v) is 8.88. The highest BCUT2D eigenvalue weighted by Gasteiger charge is 2.29. The number of aromatic nitrogens is 3. The Labute approximate surface area is 183 Å². The SMILES string of the molecule is CC(C)(C)OC(=O)N[C@H]1CCCN(c2cc(Cl)ncc2-c2cnn(CC(F)(F)F)c2)C1. The fourth-order valence-electron chi connectivity index (χ4n) is 3.47. The molecule has 11 heteroatoms. The van der Waals surface area contributed by atoms with Crippen LogP contribution < -0.4 is 10.2 Å². The second-order valence-electron chi connectivity index (χ2n) is 8.50. The first-order valence-corrected chi connectivity index (χ1v) is 10.3. The van der Waals surface area contributed by atoms with Crippen LogP contribution in [0.5, 0.6) is 0 Å². The molecule has 1 saturated heterocycles. The van der Waals surface area contributed by atoms with E-state index in [1.807, 2.05) is 4.90 Å². The summed E-state index contributed by atoms with van der Waals surface area (Å²) in [5.41, 5.74) is 1.25. The Balaban J connectivity index is 1.79. The molecular weight excluding hydrogens is 435 g/mol. The molecule has 0 spiro atoms. The second kappa shape index (κ2) is 8.94. The lowest BCUT2D eigenvalue weighted by Crippen LogP contribution is -2.49. The van der Waals surface area contributed by atoms with Crippen molar-refractivity contribution in [1.29, 1.82) is 0 Å². The Morgan fingerprint density at radius 2 is 2.06 bits per heavy atom. The quantitative estimate of drug-likeness (QED) is 0.673. The predicted molar refractivity (Wildman–Crippen MR) is 111 cm³/mol. The average Bonchev–Trinajstić information content (AvgIpc) is 3.06. The summed E-state index contributed by atoms with van der Waals surface area (Å²) in [6, 6.07) is 1.53. The number of piperidine rings is 1. The Morgan fingerprint density at radius 3 is 2.74 bits per heavy atom. The van der Waals surface area contributed by atoms with Gasteiger partial charge in [0, 0.05) is 48.3 Å². The number of nitrogens with zero attached hydrogens (tertiary/aromatic N) is 4. The molecule has 0 aliphatic carbocycles. The molecule has 170 valence electrons. The highest BCUT2D eigenvalue weighted by molar-refractivity contribution is 6.29. The molecule has 1 aliphatic heterocycles. The summed E-state index contributed by atoms with van der Waals surface area (Å²) < 4.78 is 44.2. The number of nitrogens with one attached hydrogen (secondary N) is 1. The van der Waals surface area contributed by atoms with Gasteiger partial charge in [-0.1, -0.05) is 11.6 Å². The number of amides is 1. The molecular formula is C20H25ClF3N5O2. The summed E-state index contributed by atoms with van der Waals surface area (Å²) in [5.74, 6) is 0. The molecule has 7 nitrogen and oxygen atoms in total. The van der Waals surface area contributed by atoms with Crippen LogP contribution in [-0.2, 0) is 11.3 Å². The molecule has 1 aliphatic rings. The van der Waals surface area contributed by atoms with Crippen LogP contribution >= 0.6 is 11.6 Å². The summed E-state index contributed by atoms with van der Waals surface area (Å²) in [7, 11) is 0. The van der Waals surface area contributed by atoms with Gasteiger partial charge >= 0.3 is 12.3 Å². The van der Waals surface area contributed by atoms with Crippen LogP contribution in [0.15, 0.2) is 24.7 Å². The number of anilines is 1. The molecule has 2 aromatic heterocycles. The van der Waals surface area contributed by atoms with E-state index in [1.54, 1.807) is 26.8 Å². The van der Waals surface area contributed by atoms with E-state index in [2.05, 4.69) is 15.4 Å². The Hall–Kier alpha value is -2.49. The van der Waals surface area contributed by atoms with E-state index in [1.165, 1.54) is 18.6 Å².